The maximum atomic E-state index is 5.24. The van der Waals surface area contributed by atoms with Crippen LogP contribution >= 0.6 is 0 Å². The third-order valence-electron chi connectivity index (χ3n) is 12.1. The summed E-state index contributed by atoms with van der Waals surface area (Å²) in [5.74, 6) is 0.706. The highest BCUT2D eigenvalue weighted by molar-refractivity contribution is 6.20. The molecule has 0 radical (unpaired) electrons. The number of benzene rings is 9. The summed E-state index contributed by atoms with van der Waals surface area (Å²) in [5.41, 5.74) is 15.0. The highest BCUT2D eigenvalue weighted by Gasteiger charge is 2.35. The molecule has 0 fully saturated rings. The Balaban J connectivity index is 1.06. The highest BCUT2D eigenvalue weighted by atomic mass is 14.9. The van der Waals surface area contributed by atoms with E-state index < -0.39 is 0 Å². The van der Waals surface area contributed by atoms with E-state index >= 15 is 0 Å². The van der Waals surface area contributed by atoms with E-state index in [9.17, 15) is 0 Å². The number of rotatable bonds is 5. The first-order valence-electron chi connectivity index (χ1n) is 19.7. The van der Waals surface area contributed by atoms with E-state index in [2.05, 4.69) is 202 Å². The van der Waals surface area contributed by atoms with E-state index in [1.807, 2.05) is 6.07 Å². The first kappa shape index (κ1) is 33.2. The van der Waals surface area contributed by atoms with Crippen molar-refractivity contribution in [1.29, 1.82) is 0 Å². The molecule has 57 heavy (non-hydrogen) atoms. The van der Waals surface area contributed by atoms with Crippen molar-refractivity contribution in [1.82, 2.24) is 9.97 Å². The predicted molar refractivity (Wildman–Crippen MR) is 239 cm³/mol. The van der Waals surface area contributed by atoms with Crippen molar-refractivity contribution in [3.8, 4) is 67.3 Å². The summed E-state index contributed by atoms with van der Waals surface area (Å²) in [5, 5.41) is 7.49. The normalized spacial score (nSPS) is 12.9. The molecule has 0 saturated carbocycles. The molecular formula is C55H38N2. The predicted octanol–water partition coefficient (Wildman–Crippen LogP) is 14.6. The summed E-state index contributed by atoms with van der Waals surface area (Å²) in [6, 6.07) is 70.3. The summed E-state index contributed by atoms with van der Waals surface area (Å²) in [6.45, 7) is 4.66. The van der Waals surface area contributed by atoms with Crippen molar-refractivity contribution < 1.29 is 0 Å². The SMILES string of the molecule is CC1(C)c2ccccc2-c2cc(-c3cccc(-c4cc(-c5cccc(-c6c7ccccc7cc7c6ccc6ccccc67)c5)nc(-c5ccccc5)n4)c3)ccc21. The van der Waals surface area contributed by atoms with Crippen LogP contribution in [0.3, 0.4) is 0 Å². The monoisotopic (exact) mass is 726 g/mol. The van der Waals surface area contributed by atoms with Crippen molar-refractivity contribution in [3.05, 3.63) is 205 Å². The summed E-state index contributed by atoms with van der Waals surface area (Å²) in [6.07, 6.45) is 0. The van der Waals surface area contributed by atoms with E-state index in [1.54, 1.807) is 0 Å². The standard InChI is InChI=1S/C55H38N2/c1-55(2)49-25-11-10-24-45(49)48-32-38(27-29-50(48)55)37-18-12-19-40(30-37)51-34-52(57-54(56-51)36-15-4-3-5-16-36)41-20-13-21-42(31-41)53-44-23-9-7-17-39(44)33-47-43-22-8-6-14-35(43)26-28-46(47)53/h3-34H,1-2H3. The van der Waals surface area contributed by atoms with E-state index in [1.165, 1.54) is 65.7 Å². The van der Waals surface area contributed by atoms with Crippen LogP contribution in [0.2, 0.25) is 0 Å². The van der Waals surface area contributed by atoms with Crippen LogP contribution in [0.1, 0.15) is 25.0 Å². The van der Waals surface area contributed by atoms with Crippen LogP contribution in [0.15, 0.2) is 194 Å². The molecule has 0 amide bonds. The molecule has 1 aromatic heterocycles. The summed E-state index contributed by atoms with van der Waals surface area (Å²) >= 11 is 0. The maximum Gasteiger partial charge on any atom is 0.160 e. The number of hydrogen-bond acceptors (Lipinski definition) is 2. The van der Waals surface area contributed by atoms with Gasteiger partial charge in [-0.1, -0.05) is 178 Å². The van der Waals surface area contributed by atoms with Gasteiger partial charge in [-0.3, -0.25) is 0 Å². The van der Waals surface area contributed by atoms with E-state index in [0.717, 1.165) is 39.2 Å². The van der Waals surface area contributed by atoms with Crippen molar-refractivity contribution >= 4 is 32.3 Å². The zero-order valence-electron chi connectivity index (χ0n) is 31.9. The van der Waals surface area contributed by atoms with Gasteiger partial charge in [0, 0.05) is 22.1 Å². The van der Waals surface area contributed by atoms with Crippen LogP contribution in [0.25, 0.3) is 99.6 Å². The summed E-state index contributed by atoms with van der Waals surface area (Å²) in [7, 11) is 0. The van der Waals surface area contributed by atoms with Gasteiger partial charge in [-0.15, -0.1) is 0 Å². The second kappa shape index (κ2) is 13.0. The van der Waals surface area contributed by atoms with Crippen molar-refractivity contribution in [2.45, 2.75) is 19.3 Å². The second-order valence-electron chi connectivity index (χ2n) is 15.8. The third-order valence-corrected chi connectivity index (χ3v) is 12.1. The minimum Gasteiger partial charge on any atom is -0.228 e. The molecule has 9 aromatic carbocycles. The maximum absolute atomic E-state index is 5.24. The molecule has 1 aliphatic carbocycles. The van der Waals surface area contributed by atoms with Crippen LogP contribution in [-0.2, 0) is 5.41 Å². The average molecular weight is 727 g/mol. The minimum absolute atomic E-state index is 0.0239. The lowest BCUT2D eigenvalue weighted by atomic mass is 9.82. The molecule has 0 bridgehead atoms. The molecule has 0 spiro atoms. The number of fused-ring (bicyclic) bond motifs is 7. The molecule has 0 atom stereocenters. The summed E-state index contributed by atoms with van der Waals surface area (Å²) in [4.78, 5) is 10.5. The lowest BCUT2D eigenvalue weighted by molar-refractivity contribution is 0.660. The van der Waals surface area contributed by atoms with Crippen LogP contribution in [-0.4, -0.2) is 9.97 Å². The Bertz CT molecular complexity index is 3210. The van der Waals surface area contributed by atoms with Gasteiger partial charge in [-0.05, 0) is 107 Å². The lowest BCUT2D eigenvalue weighted by Gasteiger charge is -2.21. The first-order chi connectivity index (χ1) is 28.0. The molecule has 2 nitrogen and oxygen atoms in total. The number of nitrogens with zero attached hydrogens (tertiary/aromatic N) is 2. The zero-order valence-corrected chi connectivity index (χ0v) is 31.9. The van der Waals surface area contributed by atoms with Crippen molar-refractivity contribution in [2.75, 3.05) is 0 Å². The van der Waals surface area contributed by atoms with E-state index in [0.29, 0.717) is 5.82 Å². The lowest BCUT2D eigenvalue weighted by Crippen LogP contribution is -2.14. The second-order valence-corrected chi connectivity index (χ2v) is 15.8. The fraction of sp³-hybridized carbons (Fsp3) is 0.0545. The Hall–Kier alpha value is -7.16. The van der Waals surface area contributed by atoms with Gasteiger partial charge in [0.25, 0.3) is 0 Å². The van der Waals surface area contributed by atoms with Gasteiger partial charge in [-0.2, -0.15) is 0 Å². The molecule has 11 rings (SSSR count). The molecule has 0 N–H and O–H groups in total. The van der Waals surface area contributed by atoms with Gasteiger partial charge in [-0.25, -0.2) is 9.97 Å². The van der Waals surface area contributed by atoms with Crippen LogP contribution in [0.5, 0.6) is 0 Å². The van der Waals surface area contributed by atoms with Crippen molar-refractivity contribution in [2.24, 2.45) is 0 Å². The van der Waals surface area contributed by atoms with Crippen molar-refractivity contribution in [3.63, 3.8) is 0 Å². The quantitative estimate of drug-likeness (QED) is 0.130. The van der Waals surface area contributed by atoms with Gasteiger partial charge in [0.05, 0.1) is 11.4 Å². The Morgan fingerprint density at radius 1 is 0.333 bits per heavy atom. The molecule has 0 saturated heterocycles. The minimum atomic E-state index is -0.0239. The first-order valence-corrected chi connectivity index (χ1v) is 19.7. The van der Waals surface area contributed by atoms with Gasteiger partial charge in [0.2, 0.25) is 0 Å². The molecule has 1 heterocycles. The Labute approximate surface area is 332 Å². The zero-order chi connectivity index (χ0) is 38.1. The molecule has 0 aliphatic heterocycles. The van der Waals surface area contributed by atoms with Gasteiger partial charge in [0.1, 0.15) is 0 Å². The van der Waals surface area contributed by atoms with Gasteiger partial charge in [0.15, 0.2) is 5.82 Å². The molecule has 0 unspecified atom stereocenters. The average Bonchev–Trinajstić information content (AvgIpc) is 3.51. The topological polar surface area (TPSA) is 25.8 Å². The Kier molecular flexibility index (Phi) is 7.55. The molecule has 268 valence electrons. The van der Waals surface area contributed by atoms with E-state index in [-0.39, 0.29) is 5.41 Å². The third kappa shape index (κ3) is 5.48. The van der Waals surface area contributed by atoms with E-state index in [4.69, 9.17) is 9.97 Å². The van der Waals surface area contributed by atoms with Gasteiger partial charge >= 0.3 is 0 Å². The smallest absolute Gasteiger partial charge is 0.160 e. The Morgan fingerprint density at radius 3 is 1.74 bits per heavy atom. The molecule has 2 heteroatoms. The number of hydrogen-bond donors (Lipinski definition) is 0. The fourth-order valence-electron chi connectivity index (χ4n) is 9.18. The largest absolute Gasteiger partial charge is 0.228 e. The molecular weight excluding hydrogens is 689 g/mol. The van der Waals surface area contributed by atoms with Crippen LogP contribution in [0.4, 0.5) is 0 Å². The van der Waals surface area contributed by atoms with Gasteiger partial charge < -0.3 is 0 Å². The Morgan fingerprint density at radius 2 is 0.930 bits per heavy atom. The van der Waals surface area contributed by atoms with Crippen LogP contribution in [0, 0.1) is 0 Å². The molecule has 10 aromatic rings. The van der Waals surface area contributed by atoms with Crippen LogP contribution < -0.4 is 0 Å². The number of aromatic nitrogens is 2. The highest BCUT2D eigenvalue weighted by Crippen LogP contribution is 2.49. The molecule has 1 aliphatic rings. The summed E-state index contributed by atoms with van der Waals surface area (Å²) < 4.78 is 0. The fourth-order valence-corrected chi connectivity index (χ4v) is 9.18.